The van der Waals surface area contributed by atoms with Crippen molar-refractivity contribution in [3.63, 3.8) is 0 Å². The molecule has 1 aromatic carbocycles. The van der Waals surface area contributed by atoms with Crippen LogP contribution in [0.15, 0.2) is 30.3 Å². The summed E-state index contributed by atoms with van der Waals surface area (Å²) in [5, 5.41) is 0. The van der Waals surface area contributed by atoms with Gasteiger partial charge in [0.05, 0.1) is 0 Å². The zero-order chi connectivity index (χ0) is 12.5. The van der Waals surface area contributed by atoms with Crippen molar-refractivity contribution in [1.29, 1.82) is 0 Å². The van der Waals surface area contributed by atoms with E-state index in [0.717, 1.165) is 24.4 Å². The first kappa shape index (κ1) is 12.2. The third kappa shape index (κ3) is 2.45. The summed E-state index contributed by atoms with van der Waals surface area (Å²) < 4.78 is 0. The second kappa shape index (κ2) is 5.02. The molecule has 2 heteroatoms. The summed E-state index contributed by atoms with van der Waals surface area (Å²) in [6.45, 7) is 7.38. The fourth-order valence-electron chi connectivity index (χ4n) is 3.80. The molecule has 0 unspecified atom stereocenters. The molecule has 0 saturated carbocycles. The summed E-state index contributed by atoms with van der Waals surface area (Å²) in [5.41, 5.74) is 1.46. The number of rotatable bonds is 2. The number of nitrogens with zero attached hydrogens (tertiary/aromatic N) is 2. The maximum atomic E-state index is 2.70. The quantitative estimate of drug-likeness (QED) is 0.788. The van der Waals surface area contributed by atoms with Crippen LogP contribution in [0.25, 0.3) is 0 Å². The molecule has 3 rings (SSSR count). The third-order valence-corrected chi connectivity index (χ3v) is 4.73. The number of hydrogen-bond donors (Lipinski definition) is 0. The van der Waals surface area contributed by atoms with Gasteiger partial charge < -0.3 is 4.90 Å². The van der Waals surface area contributed by atoms with Gasteiger partial charge in [0, 0.05) is 32.2 Å². The molecular weight excluding hydrogens is 220 g/mol. The first-order valence-corrected chi connectivity index (χ1v) is 7.19. The minimum atomic E-state index is 0.726. The van der Waals surface area contributed by atoms with E-state index in [2.05, 4.69) is 54.1 Å². The van der Waals surface area contributed by atoms with Crippen LogP contribution < -0.4 is 0 Å². The number of piperidine rings is 2. The minimum Gasteiger partial charge on any atom is -0.306 e. The van der Waals surface area contributed by atoms with Crippen LogP contribution >= 0.6 is 0 Å². The second-order valence-corrected chi connectivity index (χ2v) is 6.24. The Kier molecular flexibility index (Phi) is 3.40. The summed E-state index contributed by atoms with van der Waals surface area (Å²) in [5.74, 6) is 1.75. The topological polar surface area (TPSA) is 6.48 Å². The average molecular weight is 244 g/mol. The molecule has 3 atom stereocenters. The lowest BCUT2D eigenvalue weighted by molar-refractivity contribution is -0.00262. The maximum absolute atomic E-state index is 2.70. The average Bonchev–Trinajstić information content (AvgIpc) is 2.36. The fraction of sp³-hybridized carbons (Fsp3) is 0.625. The minimum absolute atomic E-state index is 0.726. The predicted octanol–water partition coefficient (Wildman–Crippen LogP) is 2.46. The molecule has 2 aliphatic rings. The van der Waals surface area contributed by atoms with Crippen molar-refractivity contribution >= 4 is 0 Å². The molecule has 0 aliphatic carbocycles. The van der Waals surface area contributed by atoms with Gasteiger partial charge in [-0.15, -0.1) is 0 Å². The molecule has 2 saturated heterocycles. The first-order valence-electron chi connectivity index (χ1n) is 7.19. The summed E-state index contributed by atoms with van der Waals surface area (Å²) in [6.07, 6.45) is 1.44. The molecule has 0 spiro atoms. The van der Waals surface area contributed by atoms with E-state index in [1.54, 1.807) is 0 Å². The predicted molar refractivity (Wildman–Crippen MR) is 75.4 cm³/mol. The molecule has 1 aromatic rings. The van der Waals surface area contributed by atoms with Crippen LogP contribution in [0, 0.1) is 11.8 Å². The van der Waals surface area contributed by atoms with Gasteiger partial charge in [-0.05, 0) is 37.8 Å². The van der Waals surface area contributed by atoms with Crippen LogP contribution in [0.2, 0.25) is 0 Å². The largest absolute Gasteiger partial charge is 0.306 e. The van der Waals surface area contributed by atoms with Gasteiger partial charge in [0.25, 0.3) is 0 Å². The molecule has 2 nitrogen and oxygen atoms in total. The van der Waals surface area contributed by atoms with Gasteiger partial charge in [0.15, 0.2) is 0 Å². The van der Waals surface area contributed by atoms with Crippen LogP contribution in [-0.4, -0.2) is 42.5 Å². The molecule has 2 heterocycles. The molecule has 0 aromatic heterocycles. The molecule has 0 N–H and O–H groups in total. The van der Waals surface area contributed by atoms with Gasteiger partial charge in [-0.25, -0.2) is 0 Å². The Morgan fingerprint density at radius 2 is 1.89 bits per heavy atom. The van der Waals surface area contributed by atoms with Gasteiger partial charge >= 0.3 is 0 Å². The Morgan fingerprint density at radius 1 is 1.11 bits per heavy atom. The van der Waals surface area contributed by atoms with E-state index in [1.807, 2.05) is 0 Å². The van der Waals surface area contributed by atoms with E-state index < -0.39 is 0 Å². The van der Waals surface area contributed by atoms with Gasteiger partial charge in [-0.2, -0.15) is 0 Å². The molecule has 2 aliphatic heterocycles. The summed E-state index contributed by atoms with van der Waals surface area (Å²) in [4.78, 5) is 5.22. The lowest BCUT2D eigenvalue weighted by Gasteiger charge is -2.49. The highest BCUT2D eigenvalue weighted by atomic mass is 15.2. The van der Waals surface area contributed by atoms with Gasteiger partial charge in [0.1, 0.15) is 0 Å². The van der Waals surface area contributed by atoms with Crippen molar-refractivity contribution in [3.8, 4) is 0 Å². The van der Waals surface area contributed by atoms with Crippen LogP contribution in [0.1, 0.15) is 18.9 Å². The van der Waals surface area contributed by atoms with Crippen LogP contribution in [-0.2, 0) is 6.54 Å². The number of hydrogen-bond acceptors (Lipinski definition) is 2. The van der Waals surface area contributed by atoms with Crippen molar-refractivity contribution < 1.29 is 0 Å². The van der Waals surface area contributed by atoms with E-state index in [4.69, 9.17) is 0 Å². The molecule has 98 valence electrons. The Morgan fingerprint density at radius 3 is 2.67 bits per heavy atom. The highest BCUT2D eigenvalue weighted by molar-refractivity contribution is 5.15. The van der Waals surface area contributed by atoms with Gasteiger partial charge in [0.2, 0.25) is 0 Å². The molecule has 0 amide bonds. The molecule has 0 radical (unpaired) electrons. The molecule has 2 bridgehead atoms. The normalized spacial score (nSPS) is 33.6. The number of likely N-dealkylation sites (tertiary alicyclic amines) is 2. The van der Waals surface area contributed by atoms with Crippen LogP contribution in [0.4, 0.5) is 0 Å². The van der Waals surface area contributed by atoms with Crippen molar-refractivity contribution in [2.45, 2.75) is 25.9 Å². The Bertz CT molecular complexity index is 387. The fourth-order valence-corrected chi connectivity index (χ4v) is 3.80. The Hall–Kier alpha value is -0.860. The highest BCUT2D eigenvalue weighted by Crippen LogP contribution is 2.33. The first-order chi connectivity index (χ1) is 8.72. The lowest BCUT2D eigenvalue weighted by atomic mass is 9.80. The van der Waals surface area contributed by atoms with Gasteiger partial charge in [-0.3, -0.25) is 4.90 Å². The zero-order valence-electron chi connectivity index (χ0n) is 11.5. The Balaban J connectivity index is 1.70. The van der Waals surface area contributed by atoms with Crippen molar-refractivity contribution in [2.75, 3.05) is 26.7 Å². The number of benzene rings is 1. The monoisotopic (exact) mass is 244 g/mol. The summed E-state index contributed by atoms with van der Waals surface area (Å²) >= 11 is 0. The van der Waals surface area contributed by atoms with Crippen LogP contribution in [0.5, 0.6) is 0 Å². The Labute approximate surface area is 111 Å². The number of fused-ring (bicyclic) bond motifs is 2. The summed E-state index contributed by atoms with van der Waals surface area (Å²) in [7, 11) is 2.28. The van der Waals surface area contributed by atoms with Crippen molar-refractivity contribution in [3.05, 3.63) is 35.9 Å². The van der Waals surface area contributed by atoms with E-state index in [-0.39, 0.29) is 0 Å². The molecule has 2 fully saturated rings. The van der Waals surface area contributed by atoms with E-state index in [1.165, 1.54) is 31.6 Å². The highest BCUT2D eigenvalue weighted by Gasteiger charge is 2.37. The standard InChI is InChI=1S/C16H24N2/c1-13-16-8-15(9-17(2)12-16)11-18(13)10-14-6-4-3-5-7-14/h3-7,13,15-16H,8-12H2,1-2H3/t13-,15+,16-/m0/s1. The SMILES string of the molecule is C[C@H]1[C@H]2C[C@H](CN(C)C2)CN1Cc1ccccc1. The second-order valence-electron chi connectivity index (χ2n) is 6.24. The van der Waals surface area contributed by atoms with E-state index in [9.17, 15) is 0 Å². The lowest BCUT2D eigenvalue weighted by Crippen LogP contribution is -2.55. The maximum Gasteiger partial charge on any atom is 0.0236 e. The molecule has 18 heavy (non-hydrogen) atoms. The van der Waals surface area contributed by atoms with Crippen LogP contribution in [0.3, 0.4) is 0 Å². The molecular formula is C16H24N2. The zero-order valence-corrected chi connectivity index (χ0v) is 11.5. The van der Waals surface area contributed by atoms with E-state index in [0.29, 0.717) is 0 Å². The smallest absolute Gasteiger partial charge is 0.0236 e. The van der Waals surface area contributed by atoms with Gasteiger partial charge in [-0.1, -0.05) is 30.3 Å². The third-order valence-electron chi connectivity index (χ3n) is 4.73. The van der Waals surface area contributed by atoms with E-state index >= 15 is 0 Å². The summed E-state index contributed by atoms with van der Waals surface area (Å²) in [6, 6.07) is 11.6. The van der Waals surface area contributed by atoms with Crippen molar-refractivity contribution in [2.24, 2.45) is 11.8 Å². The van der Waals surface area contributed by atoms with Crippen molar-refractivity contribution in [1.82, 2.24) is 9.80 Å².